The van der Waals surface area contributed by atoms with E-state index in [1.807, 2.05) is 0 Å². The maximum absolute atomic E-state index is 13.6. The quantitative estimate of drug-likeness (QED) is 0.881. The predicted octanol–water partition coefficient (Wildman–Crippen LogP) is 1.05. The van der Waals surface area contributed by atoms with E-state index in [1.165, 1.54) is 6.20 Å². The summed E-state index contributed by atoms with van der Waals surface area (Å²) >= 11 is 0. The standard InChI is InChI=1S/C13H12FN3O3S/c14-11-4-3-10(21(15,19)20)7-12(11)17-13(18)6-9-2-1-5-16-8-9/h1-5,7-8H,6H2,(H,17,18)(H2,15,19,20). The Kier molecular flexibility index (Phi) is 4.29. The van der Waals surface area contributed by atoms with E-state index in [9.17, 15) is 17.6 Å². The van der Waals surface area contributed by atoms with Crippen molar-refractivity contribution in [2.75, 3.05) is 5.32 Å². The van der Waals surface area contributed by atoms with Gasteiger partial charge in [0.25, 0.3) is 0 Å². The number of halogens is 1. The van der Waals surface area contributed by atoms with Crippen LogP contribution < -0.4 is 10.5 Å². The van der Waals surface area contributed by atoms with E-state index in [1.54, 1.807) is 18.3 Å². The summed E-state index contributed by atoms with van der Waals surface area (Å²) in [6.07, 6.45) is 3.07. The minimum Gasteiger partial charge on any atom is -0.323 e. The van der Waals surface area contributed by atoms with Gasteiger partial charge in [-0.3, -0.25) is 9.78 Å². The van der Waals surface area contributed by atoms with Gasteiger partial charge in [-0.2, -0.15) is 0 Å². The molecule has 1 aromatic carbocycles. The molecule has 2 rings (SSSR count). The molecule has 1 heterocycles. The number of primary sulfonamides is 1. The number of amides is 1. The molecular weight excluding hydrogens is 297 g/mol. The van der Waals surface area contributed by atoms with Crippen molar-refractivity contribution in [1.82, 2.24) is 4.98 Å². The average Bonchev–Trinajstić information content (AvgIpc) is 2.41. The Morgan fingerprint density at radius 3 is 2.71 bits per heavy atom. The van der Waals surface area contributed by atoms with Crippen LogP contribution in [-0.4, -0.2) is 19.3 Å². The fourth-order valence-electron chi connectivity index (χ4n) is 1.66. The number of benzene rings is 1. The summed E-state index contributed by atoms with van der Waals surface area (Å²) in [6, 6.07) is 6.31. The lowest BCUT2D eigenvalue weighted by atomic mass is 10.2. The van der Waals surface area contributed by atoms with Gasteiger partial charge in [-0.05, 0) is 29.8 Å². The molecular formula is C13H12FN3O3S. The first-order chi connectivity index (χ1) is 9.86. The van der Waals surface area contributed by atoms with Crippen LogP contribution in [0.3, 0.4) is 0 Å². The number of hydrogen-bond acceptors (Lipinski definition) is 4. The monoisotopic (exact) mass is 309 g/mol. The van der Waals surface area contributed by atoms with Crippen molar-refractivity contribution in [2.24, 2.45) is 5.14 Å². The second-order valence-corrected chi connectivity index (χ2v) is 5.83. The van der Waals surface area contributed by atoms with E-state index in [4.69, 9.17) is 5.14 Å². The van der Waals surface area contributed by atoms with Gasteiger partial charge in [0.15, 0.2) is 0 Å². The lowest BCUT2D eigenvalue weighted by Gasteiger charge is -2.08. The van der Waals surface area contributed by atoms with Crippen LogP contribution in [0.4, 0.5) is 10.1 Å². The summed E-state index contributed by atoms with van der Waals surface area (Å²) < 4.78 is 36.0. The van der Waals surface area contributed by atoms with Gasteiger partial charge in [-0.15, -0.1) is 0 Å². The fraction of sp³-hybridized carbons (Fsp3) is 0.0769. The number of sulfonamides is 1. The average molecular weight is 309 g/mol. The lowest BCUT2D eigenvalue weighted by molar-refractivity contribution is -0.115. The maximum Gasteiger partial charge on any atom is 0.238 e. The van der Waals surface area contributed by atoms with Crippen LogP contribution in [0.1, 0.15) is 5.56 Å². The van der Waals surface area contributed by atoms with Crippen LogP contribution in [0.15, 0.2) is 47.6 Å². The summed E-state index contributed by atoms with van der Waals surface area (Å²) in [7, 11) is -3.96. The van der Waals surface area contributed by atoms with E-state index >= 15 is 0 Å². The summed E-state index contributed by atoms with van der Waals surface area (Å²) in [5.74, 6) is -1.24. The molecule has 0 bridgehead atoms. The van der Waals surface area contributed by atoms with Crippen LogP contribution in [0.25, 0.3) is 0 Å². The minimum absolute atomic E-state index is 0.00706. The highest BCUT2D eigenvalue weighted by Crippen LogP contribution is 2.19. The molecule has 0 aliphatic heterocycles. The molecule has 0 aliphatic carbocycles. The second kappa shape index (κ2) is 5.98. The third-order valence-electron chi connectivity index (χ3n) is 2.63. The summed E-state index contributed by atoms with van der Waals surface area (Å²) in [4.78, 5) is 15.4. The molecule has 2 aromatic rings. The van der Waals surface area contributed by atoms with Crippen molar-refractivity contribution in [2.45, 2.75) is 11.3 Å². The maximum atomic E-state index is 13.6. The molecule has 0 saturated carbocycles. The third-order valence-corrected chi connectivity index (χ3v) is 3.54. The molecule has 0 fully saturated rings. The van der Waals surface area contributed by atoms with Gasteiger partial charge >= 0.3 is 0 Å². The molecule has 21 heavy (non-hydrogen) atoms. The number of anilines is 1. The smallest absolute Gasteiger partial charge is 0.238 e. The second-order valence-electron chi connectivity index (χ2n) is 4.27. The van der Waals surface area contributed by atoms with Crippen LogP contribution >= 0.6 is 0 Å². The van der Waals surface area contributed by atoms with Gasteiger partial charge in [-0.1, -0.05) is 6.07 Å². The zero-order chi connectivity index (χ0) is 15.5. The van der Waals surface area contributed by atoms with Gasteiger partial charge in [0.2, 0.25) is 15.9 Å². The number of aromatic nitrogens is 1. The number of nitrogens with one attached hydrogen (secondary N) is 1. The molecule has 110 valence electrons. The Bertz CT molecular complexity index is 763. The first-order valence-corrected chi connectivity index (χ1v) is 7.42. The topological polar surface area (TPSA) is 102 Å². The van der Waals surface area contributed by atoms with Crippen molar-refractivity contribution in [3.05, 3.63) is 54.1 Å². The largest absolute Gasteiger partial charge is 0.323 e. The number of nitrogens with zero attached hydrogens (tertiary/aromatic N) is 1. The minimum atomic E-state index is -3.96. The molecule has 0 unspecified atom stereocenters. The van der Waals surface area contributed by atoms with Gasteiger partial charge in [-0.25, -0.2) is 17.9 Å². The Balaban J connectivity index is 2.17. The Morgan fingerprint density at radius 2 is 2.10 bits per heavy atom. The van der Waals surface area contributed by atoms with Crippen LogP contribution in [0, 0.1) is 5.82 Å². The summed E-state index contributed by atoms with van der Waals surface area (Å²) in [6.45, 7) is 0. The molecule has 0 atom stereocenters. The van der Waals surface area contributed by atoms with E-state index in [-0.39, 0.29) is 17.0 Å². The van der Waals surface area contributed by atoms with Gasteiger partial charge in [0.1, 0.15) is 5.82 Å². The van der Waals surface area contributed by atoms with E-state index in [0.717, 1.165) is 18.2 Å². The highest BCUT2D eigenvalue weighted by molar-refractivity contribution is 7.89. The Morgan fingerprint density at radius 1 is 1.33 bits per heavy atom. The molecule has 6 nitrogen and oxygen atoms in total. The number of nitrogens with two attached hydrogens (primary N) is 1. The van der Waals surface area contributed by atoms with E-state index < -0.39 is 21.7 Å². The Hall–Kier alpha value is -2.32. The molecule has 0 aliphatic rings. The number of pyridine rings is 1. The lowest BCUT2D eigenvalue weighted by Crippen LogP contribution is -2.17. The van der Waals surface area contributed by atoms with Crippen molar-refractivity contribution >= 4 is 21.6 Å². The van der Waals surface area contributed by atoms with Crippen molar-refractivity contribution < 1.29 is 17.6 Å². The third kappa shape index (κ3) is 4.07. The highest BCUT2D eigenvalue weighted by atomic mass is 32.2. The molecule has 8 heteroatoms. The zero-order valence-corrected chi connectivity index (χ0v) is 11.6. The summed E-state index contributed by atoms with van der Waals surface area (Å²) in [5.41, 5.74) is 0.411. The van der Waals surface area contributed by atoms with Gasteiger partial charge in [0.05, 0.1) is 17.0 Å². The van der Waals surface area contributed by atoms with E-state index in [2.05, 4.69) is 10.3 Å². The van der Waals surface area contributed by atoms with E-state index in [0.29, 0.717) is 5.56 Å². The first kappa shape index (κ1) is 15.1. The normalized spacial score (nSPS) is 11.1. The SMILES string of the molecule is NS(=O)(=O)c1ccc(F)c(NC(=O)Cc2cccnc2)c1. The van der Waals surface area contributed by atoms with Crippen LogP contribution in [0.5, 0.6) is 0 Å². The number of carbonyl (C=O) groups is 1. The van der Waals surface area contributed by atoms with Crippen molar-refractivity contribution in [3.8, 4) is 0 Å². The van der Waals surface area contributed by atoms with Crippen molar-refractivity contribution in [3.63, 3.8) is 0 Å². The summed E-state index contributed by atoms with van der Waals surface area (Å²) in [5, 5.41) is 7.27. The van der Waals surface area contributed by atoms with Gasteiger partial charge < -0.3 is 5.32 Å². The van der Waals surface area contributed by atoms with Gasteiger partial charge in [0, 0.05) is 12.4 Å². The number of carbonyl (C=O) groups excluding carboxylic acids is 1. The number of hydrogen-bond donors (Lipinski definition) is 2. The van der Waals surface area contributed by atoms with Crippen LogP contribution in [-0.2, 0) is 21.2 Å². The van der Waals surface area contributed by atoms with Crippen LogP contribution in [0.2, 0.25) is 0 Å². The van der Waals surface area contributed by atoms with Crippen molar-refractivity contribution in [1.29, 1.82) is 0 Å². The molecule has 1 aromatic heterocycles. The first-order valence-electron chi connectivity index (χ1n) is 5.87. The molecule has 0 radical (unpaired) electrons. The number of rotatable bonds is 4. The predicted molar refractivity (Wildman–Crippen MR) is 74.3 cm³/mol. The highest BCUT2D eigenvalue weighted by Gasteiger charge is 2.13. The molecule has 0 saturated heterocycles. The zero-order valence-electron chi connectivity index (χ0n) is 10.8. The molecule has 3 N–H and O–H groups in total. The molecule has 0 spiro atoms. The fourth-order valence-corrected chi connectivity index (χ4v) is 2.20. The molecule has 1 amide bonds. The Labute approximate surface area is 120 Å².